The van der Waals surface area contributed by atoms with Gasteiger partial charge in [-0.2, -0.15) is 5.26 Å². The van der Waals surface area contributed by atoms with Crippen LogP contribution in [0, 0.1) is 17.2 Å². The van der Waals surface area contributed by atoms with Crippen LogP contribution in [0.15, 0.2) is 23.1 Å². The van der Waals surface area contributed by atoms with E-state index in [1.807, 2.05) is 6.07 Å². The third-order valence-electron chi connectivity index (χ3n) is 3.80. The van der Waals surface area contributed by atoms with E-state index >= 15 is 0 Å². The van der Waals surface area contributed by atoms with Crippen molar-refractivity contribution >= 4 is 21.6 Å². The van der Waals surface area contributed by atoms with Gasteiger partial charge >= 0.3 is 0 Å². The summed E-state index contributed by atoms with van der Waals surface area (Å²) in [6, 6.07) is 6.06. The first-order chi connectivity index (χ1) is 9.97. The average molecular weight is 329 g/mol. The lowest BCUT2D eigenvalue weighted by Crippen LogP contribution is -2.38. The average Bonchev–Trinajstić information content (AvgIpc) is 2.47. The molecule has 0 unspecified atom stereocenters. The molecule has 2 rings (SSSR count). The molecule has 0 aromatic heterocycles. The Kier molecular flexibility index (Phi) is 5.22. The van der Waals surface area contributed by atoms with Crippen LogP contribution in [0.2, 0.25) is 5.02 Å². The summed E-state index contributed by atoms with van der Waals surface area (Å²) in [7, 11) is -3.77. The van der Waals surface area contributed by atoms with Gasteiger partial charge in [0.1, 0.15) is 11.0 Å². The fourth-order valence-corrected chi connectivity index (χ4v) is 4.34. The molecule has 1 aliphatic rings. The second-order valence-electron chi connectivity index (χ2n) is 5.25. The highest BCUT2D eigenvalue weighted by Gasteiger charge is 2.27. The largest absolute Gasteiger partial charge is 0.396 e. The van der Waals surface area contributed by atoms with Gasteiger partial charge < -0.3 is 5.11 Å². The summed E-state index contributed by atoms with van der Waals surface area (Å²) >= 11 is 5.87. The maximum Gasteiger partial charge on any atom is 0.242 e. The number of nitrogens with zero attached hydrogens (tertiary/aromatic N) is 1. The van der Waals surface area contributed by atoms with Gasteiger partial charge in [0.05, 0.1) is 10.6 Å². The highest BCUT2D eigenvalue weighted by Crippen LogP contribution is 2.27. The molecule has 0 saturated heterocycles. The van der Waals surface area contributed by atoms with Crippen molar-refractivity contribution in [3.05, 3.63) is 28.8 Å². The van der Waals surface area contributed by atoms with Crippen LogP contribution in [0.3, 0.4) is 0 Å². The number of halogens is 1. The lowest BCUT2D eigenvalue weighted by atomic mass is 9.87. The van der Waals surface area contributed by atoms with E-state index in [-0.39, 0.29) is 34.0 Å². The molecule has 5 nitrogen and oxygen atoms in total. The first-order valence-corrected chi connectivity index (χ1v) is 8.66. The number of nitriles is 1. The minimum atomic E-state index is -3.77. The zero-order chi connectivity index (χ0) is 15.5. The number of nitrogens with one attached hydrogen (secondary N) is 1. The second-order valence-corrected chi connectivity index (χ2v) is 7.34. The molecule has 0 radical (unpaired) electrons. The predicted octanol–water partition coefficient (Wildman–Crippen LogP) is 2.04. The van der Waals surface area contributed by atoms with Crippen LogP contribution in [0.1, 0.15) is 31.2 Å². The van der Waals surface area contributed by atoms with Gasteiger partial charge in [0.15, 0.2) is 0 Å². The molecule has 1 aromatic rings. The number of hydrogen-bond acceptors (Lipinski definition) is 4. The van der Waals surface area contributed by atoms with E-state index in [1.54, 1.807) is 0 Å². The maximum atomic E-state index is 12.4. The van der Waals surface area contributed by atoms with E-state index in [0.717, 1.165) is 12.8 Å². The van der Waals surface area contributed by atoms with Crippen LogP contribution >= 0.6 is 11.6 Å². The first-order valence-electron chi connectivity index (χ1n) is 6.79. The van der Waals surface area contributed by atoms with Crippen molar-refractivity contribution in [1.29, 1.82) is 5.26 Å². The number of aliphatic hydroxyl groups excluding tert-OH is 1. The Balaban J connectivity index is 2.17. The van der Waals surface area contributed by atoms with Gasteiger partial charge in [-0.1, -0.05) is 17.7 Å². The van der Waals surface area contributed by atoms with E-state index in [2.05, 4.69) is 4.72 Å². The zero-order valence-corrected chi connectivity index (χ0v) is 13.0. The van der Waals surface area contributed by atoms with E-state index in [9.17, 15) is 8.42 Å². The van der Waals surface area contributed by atoms with Crippen molar-refractivity contribution < 1.29 is 13.5 Å². The van der Waals surface area contributed by atoms with Gasteiger partial charge in [0.2, 0.25) is 10.0 Å². The van der Waals surface area contributed by atoms with Gasteiger partial charge in [-0.05, 0) is 43.7 Å². The normalized spacial score (nSPS) is 22.7. The lowest BCUT2D eigenvalue weighted by molar-refractivity contribution is 0.180. The third-order valence-corrected chi connectivity index (χ3v) is 5.68. The molecule has 0 amide bonds. The van der Waals surface area contributed by atoms with E-state index in [1.165, 1.54) is 18.2 Å². The monoisotopic (exact) mass is 328 g/mol. The molecule has 21 heavy (non-hydrogen) atoms. The molecule has 7 heteroatoms. The topological polar surface area (TPSA) is 90.2 Å². The van der Waals surface area contributed by atoms with Crippen LogP contribution in [0.25, 0.3) is 0 Å². The Bertz CT molecular complexity index is 647. The maximum absolute atomic E-state index is 12.4. The molecular weight excluding hydrogens is 312 g/mol. The fourth-order valence-electron chi connectivity index (χ4n) is 2.58. The Labute approximate surface area is 129 Å². The van der Waals surface area contributed by atoms with Gasteiger partial charge in [-0.15, -0.1) is 0 Å². The first kappa shape index (κ1) is 16.2. The van der Waals surface area contributed by atoms with Crippen molar-refractivity contribution in [3.8, 4) is 6.07 Å². The Morgan fingerprint density at radius 1 is 1.33 bits per heavy atom. The fraction of sp³-hybridized carbons (Fsp3) is 0.500. The predicted molar refractivity (Wildman–Crippen MR) is 79.3 cm³/mol. The molecule has 0 bridgehead atoms. The van der Waals surface area contributed by atoms with Crippen LogP contribution < -0.4 is 4.72 Å². The summed E-state index contributed by atoms with van der Waals surface area (Å²) in [6.07, 6.45) is 2.97. The Morgan fingerprint density at radius 2 is 2.00 bits per heavy atom. The second kappa shape index (κ2) is 6.75. The van der Waals surface area contributed by atoms with Gasteiger partial charge in [0.25, 0.3) is 0 Å². The van der Waals surface area contributed by atoms with Crippen molar-refractivity contribution in [3.63, 3.8) is 0 Å². The number of rotatable bonds is 4. The van der Waals surface area contributed by atoms with Crippen LogP contribution in [-0.2, 0) is 10.0 Å². The lowest BCUT2D eigenvalue weighted by Gasteiger charge is -2.27. The third kappa shape index (κ3) is 3.74. The smallest absolute Gasteiger partial charge is 0.242 e. The molecule has 2 N–H and O–H groups in total. The van der Waals surface area contributed by atoms with E-state index < -0.39 is 10.0 Å². The van der Waals surface area contributed by atoms with Gasteiger partial charge in [-0.25, -0.2) is 13.1 Å². The SMILES string of the molecule is N#Cc1c(Cl)cccc1S(=O)(=O)NC1CCC(CO)CC1. The molecule has 0 atom stereocenters. The van der Waals surface area contributed by atoms with Crippen molar-refractivity contribution in [2.45, 2.75) is 36.6 Å². The minimum Gasteiger partial charge on any atom is -0.396 e. The summed E-state index contributed by atoms with van der Waals surface area (Å²) in [5, 5.41) is 18.3. The van der Waals surface area contributed by atoms with E-state index in [4.69, 9.17) is 22.0 Å². The van der Waals surface area contributed by atoms with E-state index in [0.29, 0.717) is 12.8 Å². The molecule has 1 saturated carbocycles. The quantitative estimate of drug-likeness (QED) is 0.885. The standard InChI is InChI=1S/C14H17ClN2O3S/c15-13-2-1-3-14(12(13)8-16)21(19,20)17-11-6-4-10(9-18)5-7-11/h1-3,10-11,17-18H,4-7,9H2. The number of benzene rings is 1. The molecule has 0 heterocycles. The summed E-state index contributed by atoms with van der Waals surface area (Å²) < 4.78 is 27.5. The summed E-state index contributed by atoms with van der Waals surface area (Å²) in [6.45, 7) is 0.145. The molecule has 114 valence electrons. The summed E-state index contributed by atoms with van der Waals surface area (Å²) in [5.41, 5.74) is -0.0317. The molecule has 1 fully saturated rings. The summed E-state index contributed by atoms with van der Waals surface area (Å²) in [4.78, 5) is -0.0817. The Hall–Kier alpha value is -1.13. The molecule has 0 spiro atoms. The minimum absolute atomic E-state index is 0.0317. The van der Waals surface area contributed by atoms with Gasteiger partial charge in [0, 0.05) is 12.6 Å². The molecule has 0 aliphatic heterocycles. The highest BCUT2D eigenvalue weighted by molar-refractivity contribution is 7.89. The number of sulfonamides is 1. The van der Waals surface area contributed by atoms with Crippen LogP contribution in [0.4, 0.5) is 0 Å². The summed E-state index contributed by atoms with van der Waals surface area (Å²) in [5.74, 6) is 0.256. The molecule has 1 aromatic carbocycles. The van der Waals surface area contributed by atoms with Crippen molar-refractivity contribution in [1.82, 2.24) is 4.72 Å². The highest BCUT2D eigenvalue weighted by atomic mass is 35.5. The number of hydrogen-bond donors (Lipinski definition) is 2. The Morgan fingerprint density at radius 3 is 2.57 bits per heavy atom. The van der Waals surface area contributed by atoms with Crippen molar-refractivity contribution in [2.75, 3.05) is 6.61 Å². The van der Waals surface area contributed by atoms with Gasteiger partial charge in [-0.3, -0.25) is 0 Å². The molecular formula is C14H17ClN2O3S. The zero-order valence-electron chi connectivity index (χ0n) is 11.4. The van der Waals surface area contributed by atoms with Crippen LogP contribution in [-0.4, -0.2) is 26.2 Å². The number of aliphatic hydroxyl groups is 1. The molecule has 1 aliphatic carbocycles. The van der Waals surface area contributed by atoms with Crippen molar-refractivity contribution in [2.24, 2.45) is 5.92 Å². The van der Waals surface area contributed by atoms with Crippen LogP contribution in [0.5, 0.6) is 0 Å².